The van der Waals surface area contributed by atoms with Crippen molar-refractivity contribution in [2.75, 3.05) is 6.61 Å². The molecule has 150 valence electrons. The van der Waals surface area contributed by atoms with Crippen LogP contribution in [0.3, 0.4) is 0 Å². The Hall–Kier alpha value is -2.20. The van der Waals surface area contributed by atoms with E-state index in [4.69, 9.17) is 9.47 Å². The highest BCUT2D eigenvalue weighted by molar-refractivity contribution is 7.00. The van der Waals surface area contributed by atoms with Crippen LogP contribution < -0.4 is 10.4 Å². The summed E-state index contributed by atoms with van der Waals surface area (Å²) in [6.07, 6.45) is 3.30. The summed E-state index contributed by atoms with van der Waals surface area (Å²) in [7, 11) is -1.83. The number of ether oxygens (including phenoxy) is 2. The molecule has 1 saturated heterocycles. The van der Waals surface area contributed by atoms with E-state index in [1.165, 1.54) is 33.5 Å². The Morgan fingerprint density at radius 2 is 1.52 bits per heavy atom. The quantitative estimate of drug-likeness (QED) is 0.526. The van der Waals surface area contributed by atoms with E-state index in [1.54, 1.807) is 0 Å². The minimum absolute atomic E-state index is 0.0493. The summed E-state index contributed by atoms with van der Waals surface area (Å²) in [5.74, 6) is 0. The summed E-state index contributed by atoms with van der Waals surface area (Å²) >= 11 is 0. The summed E-state index contributed by atoms with van der Waals surface area (Å²) in [6.45, 7) is 6.31. The Labute approximate surface area is 175 Å². The van der Waals surface area contributed by atoms with Crippen LogP contribution in [0.2, 0.25) is 13.1 Å². The molecule has 3 heteroatoms. The van der Waals surface area contributed by atoms with Gasteiger partial charge in [0.15, 0.2) is 6.29 Å². The molecule has 1 heterocycles. The highest BCUT2D eigenvalue weighted by Crippen LogP contribution is 2.20. The molecule has 3 aromatic rings. The largest absolute Gasteiger partial charge is 0.353 e. The van der Waals surface area contributed by atoms with Gasteiger partial charge in [0.05, 0.1) is 6.61 Å². The maximum atomic E-state index is 6.12. The van der Waals surface area contributed by atoms with Gasteiger partial charge in [0.2, 0.25) is 0 Å². The molecule has 0 radical (unpaired) electrons. The zero-order valence-corrected chi connectivity index (χ0v) is 18.4. The Morgan fingerprint density at radius 3 is 2.24 bits per heavy atom. The maximum absolute atomic E-state index is 6.12. The first-order valence-corrected chi connectivity index (χ1v) is 13.6. The fourth-order valence-corrected chi connectivity index (χ4v) is 6.93. The predicted octanol–water partition coefficient (Wildman–Crippen LogP) is 5.22. The standard InChI is InChI=1S/C26H30O2Si/c1-29(2,24-17-15-22(16-18-24)21-10-4-3-5-11-21)25-13-7-6-12-23(25)20-28-26-14-8-9-19-27-26/h3-7,10-13,15-18,26H,8-9,14,19-20H2,1-2H3. The van der Waals surface area contributed by atoms with Gasteiger partial charge < -0.3 is 9.47 Å². The van der Waals surface area contributed by atoms with Crippen LogP contribution in [0.4, 0.5) is 0 Å². The molecule has 2 nitrogen and oxygen atoms in total. The smallest absolute Gasteiger partial charge is 0.158 e. The molecule has 0 amide bonds. The van der Waals surface area contributed by atoms with Gasteiger partial charge in [-0.15, -0.1) is 0 Å². The summed E-state index contributed by atoms with van der Waals surface area (Å²) in [5, 5.41) is 2.89. The molecule has 0 spiro atoms. The van der Waals surface area contributed by atoms with Crippen molar-refractivity contribution in [2.45, 2.75) is 45.3 Å². The van der Waals surface area contributed by atoms with Gasteiger partial charge in [-0.25, -0.2) is 0 Å². The van der Waals surface area contributed by atoms with Gasteiger partial charge >= 0.3 is 0 Å². The van der Waals surface area contributed by atoms with Crippen molar-refractivity contribution >= 4 is 18.4 Å². The van der Waals surface area contributed by atoms with E-state index in [1.807, 2.05) is 0 Å². The third-order valence-electron chi connectivity index (χ3n) is 5.97. The van der Waals surface area contributed by atoms with Gasteiger partial charge in [-0.3, -0.25) is 0 Å². The fraction of sp³-hybridized carbons (Fsp3) is 0.308. The normalized spacial score (nSPS) is 17.2. The van der Waals surface area contributed by atoms with Crippen molar-refractivity contribution < 1.29 is 9.47 Å². The van der Waals surface area contributed by atoms with Crippen molar-refractivity contribution in [1.82, 2.24) is 0 Å². The second-order valence-corrected chi connectivity index (χ2v) is 12.7. The Morgan fingerprint density at radius 1 is 0.828 bits per heavy atom. The lowest BCUT2D eigenvalue weighted by Gasteiger charge is -2.28. The lowest BCUT2D eigenvalue weighted by Crippen LogP contribution is -2.54. The van der Waals surface area contributed by atoms with Gasteiger partial charge in [0.25, 0.3) is 0 Å². The van der Waals surface area contributed by atoms with Crippen LogP contribution in [0.25, 0.3) is 11.1 Å². The minimum atomic E-state index is -1.83. The van der Waals surface area contributed by atoms with Crippen molar-refractivity contribution in [3.05, 3.63) is 84.4 Å². The van der Waals surface area contributed by atoms with Crippen LogP contribution in [0.15, 0.2) is 78.9 Å². The number of benzene rings is 3. The molecule has 1 atom stereocenters. The van der Waals surface area contributed by atoms with Crippen LogP contribution in [0, 0.1) is 0 Å². The van der Waals surface area contributed by atoms with E-state index < -0.39 is 8.07 Å². The summed E-state index contributed by atoms with van der Waals surface area (Å²) in [6, 6.07) is 28.5. The van der Waals surface area contributed by atoms with E-state index >= 15 is 0 Å². The van der Waals surface area contributed by atoms with Crippen LogP contribution >= 0.6 is 0 Å². The summed E-state index contributed by atoms with van der Waals surface area (Å²) < 4.78 is 11.9. The van der Waals surface area contributed by atoms with E-state index in [-0.39, 0.29) is 6.29 Å². The zero-order valence-electron chi connectivity index (χ0n) is 17.4. The Kier molecular flexibility index (Phi) is 6.29. The van der Waals surface area contributed by atoms with Gasteiger partial charge in [-0.1, -0.05) is 97.1 Å². The van der Waals surface area contributed by atoms with E-state index in [0.717, 1.165) is 19.4 Å². The van der Waals surface area contributed by atoms with Gasteiger partial charge in [0.1, 0.15) is 8.07 Å². The lowest BCUT2D eigenvalue weighted by atomic mass is 10.1. The van der Waals surface area contributed by atoms with Gasteiger partial charge in [-0.2, -0.15) is 0 Å². The number of hydrogen-bond donors (Lipinski definition) is 0. The van der Waals surface area contributed by atoms with Crippen LogP contribution in [-0.4, -0.2) is 21.0 Å². The fourth-order valence-electron chi connectivity index (χ4n) is 4.15. The first-order valence-electron chi connectivity index (χ1n) is 10.6. The second kappa shape index (κ2) is 9.08. The van der Waals surface area contributed by atoms with Crippen molar-refractivity contribution in [1.29, 1.82) is 0 Å². The molecule has 0 bridgehead atoms. The number of hydrogen-bond acceptors (Lipinski definition) is 2. The molecule has 1 unspecified atom stereocenters. The highest BCUT2D eigenvalue weighted by atomic mass is 28.3. The van der Waals surface area contributed by atoms with Crippen LogP contribution in [0.5, 0.6) is 0 Å². The molecule has 1 aliphatic rings. The molecule has 0 N–H and O–H groups in total. The monoisotopic (exact) mass is 402 g/mol. The Bertz CT molecular complexity index is 913. The molecule has 0 aliphatic carbocycles. The molecule has 3 aromatic carbocycles. The molecule has 29 heavy (non-hydrogen) atoms. The van der Waals surface area contributed by atoms with Crippen molar-refractivity contribution in [3.63, 3.8) is 0 Å². The first-order chi connectivity index (χ1) is 14.1. The minimum Gasteiger partial charge on any atom is -0.353 e. The van der Waals surface area contributed by atoms with Crippen LogP contribution in [0.1, 0.15) is 24.8 Å². The predicted molar refractivity (Wildman–Crippen MR) is 123 cm³/mol. The van der Waals surface area contributed by atoms with Crippen LogP contribution in [-0.2, 0) is 16.1 Å². The molecule has 0 aromatic heterocycles. The molecule has 1 fully saturated rings. The van der Waals surface area contributed by atoms with E-state index in [9.17, 15) is 0 Å². The summed E-state index contributed by atoms with van der Waals surface area (Å²) in [4.78, 5) is 0. The molecule has 0 saturated carbocycles. The molecule has 4 rings (SSSR count). The third kappa shape index (κ3) is 4.69. The average Bonchev–Trinajstić information content (AvgIpc) is 2.79. The van der Waals surface area contributed by atoms with E-state index in [2.05, 4.69) is 92.0 Å². The topological polar surface area (TPSA) is 18.5 Å². The average molecular weight is 403 g/mol. The van der Waals surface area contributed by atoms with Gasteiger partial charge in [0, 0.05) is 6.61 Å². The lowest BCUT2D eigenvalue weighted by molar-refractivity contribution is -0.168. The summed E-state index contributed by atoms with van der Waals surface area (Å²) in [5.41, 5.74) is 3.83. The highest BCUT2D eigenvalue weighted by Gasteiger charge is 2.28. The SMILES string of the molecule is C[Si](C)(c1ccc(-c2ccccc2)cc1)c1ccccc1COC1CCCCO1. The van der Waals surface area contributed by atoms with E-state index in [0.29, 0.717) is 6.61 Å². The second-order valence-electron chi connectivity index (χ2n) is 8.33. The zero-order chi connectivity index (χ0) is 20.1. The molecule has 1 aliphatic heterocycles. The number of rotatable bonds is 6. The third-order valence-corrected chi connectivity index (χ3v) is 9.58. The maximum Gasteiger partial charge on any atom is 0.158 e. The molecular weight excluding hydrogens is 372 g/mol. The Balaban J connectivity index is 1.55. The van der Waals surface area contributed by atoms with Crippen molar-refractivity contribution in [2.24, 2.45) is 0 Å². The molecular formula is C26H30O2Si. The first kappa shape index (κ1) is 20.1. The van der Waals surface area contributed by atoms with Gasteiger partial charge in [-0.05, 0) is 41.1 Å². The van der Waals surface area contributed by atoms with Crippen molar-refractivity contribution in [3.8, 4) is 11.1 Å².